The molecule has 0 aliphatic rings. The molecule has 0 N–H and O–H groups in total. The largest absolute Gasteiger partial charge is 0.331 e. The average Bonchev–Trinajstić information content (AvgIpc) is 2.14. The molecule has 1 heterocycles. The maximum Gasteiger partial charge on any atom is 0.331 e. The molecule has 1 rings (SSSR count). The normalized spacial score (nSPS) is 10.9. The Balaban J connectivity index is 3.57. The van der Waals surface area contributed by atoms with Gasteiger partial charge in [-0.3, -0.25) is 13.9 Å². The quantitative estimate of drug-likeness (QED) is 0.606. The molecule has 78 valence electrons. The minimum absolute atomic E-state index is 0.142. The summed E-state index contributed by atoms with van der Waals surface area (Å²) in [5, 5.41) is 0. The van der Waals surface area contributed by atoms with Crippen LogP contribution in [0.2, 0.25) is 0 Å². The number of alkyl halides is 1. The van der Waals surface area contributed by atoms with Gasteiger partial charge >= 0.3 is 5.69 Å². The third kappa shape index (κ3) is 1.92. The van der Waals surface area contributed by atoms with Gasteiger partial charge < -0.3 is 0 Å². The molecule has 0 saturated heterocycles. The Labute approximate surface area is 95.7 Å². The van der Waals surface area contributed by atoms with Crippen molar-refractivity contribution < 1.29 is 0 Å². The maximum absolute atomic E-state index is 11.6. The molecular weight excluding hydrogens is 295 g/mol. The summed E-state index contributed by atoms with van der Waals surface area (Å²) in [4.78, 5) is 23.2. The molecular formula is C9H13IN2O2. The fourth-order valence-electron chi connectivity index (χ4n) is 1.23. The van der Waals surface area contributed by atoms with E-state index in [9.17, 15) is 9.59 Å². The summed E-state index contributed by atoms with van der Waals surface area (Å²) in [6.45, 7) is 3.89. The van der Waals surface area contributed by atoms with Gasteiger partial charge in [0.05, 0.1) is 4.55 Å². The number of aromatic nitrogens is 2. The maximum atomic E-state index is 11.6. The number of hydrogen-bond donors (Lipinski definition) is 0. The van der Waals surface area contributed by atoms with Gasteiger partial charge in [-0.25, -0.2) is 4.79 Å². The van der Waals surface area contributed by atoms with E-state index in [-0.39, 0.29) is 17.2 Å². The predicted molar refractivity (Wildman–Crippen MR) is 64.1 cm³/mol. The van der Waals surface area contributed by atoms with Crippen molar-refractivity contribution in [3.05, 3.63) is 32.6 Å². The van der Waals surface area contributed by atoms with E-state index < -0.39 is 0 Å². The standard InChI is InChI=1S/C9H13IN2O2/c1-6(2)7-4-12(5-10)9(14)11(3)8(7)13/h4,6H,5H2,1-3H3. The van der Waals surface area contributed by atoms with Gasteiger partial charge in [0.1, 0.15) is 0 Å². The second-order valence-electron chi connectivity index (χ2n) is 3.48. The molecule has 1 aromatic rings. The van der Waals surface area contributed by atoms with Crippen LogP contribution in [0.15, 0.2) is 15.8 Å². The summed E-state index contributed by atoms with van der Waals surface area (Å²) in [7, 11) is 1.51. The van der Waals surface area contributed by atoms with Gasteiger partial charge in [0.2, 0.25) is 0 Å². The lowest BCUT2D eigenvalue weighted by Gasteiger charge is -2.09. The van der Waals surface area contributed by atoms with Crippen LogP contribution in [0.1, 0.15) is 25.3 Å². The van der Waals surface area contributed by atoms with E-state index in [0.717, 1.165) is 4.57 Å². The molecule has 1 aromatic heterocycles. The first-order chi connectivity index (χ1) is 6.49. The van der Waals surface area contributed by atoms with Gasteiger partial charge in [-0.1, -0.05) is 36.4 Å². The van der Waals surface area contributed by atoms with Crippen LogP contribution in [0.3, 0.4) is 0 Å². The molecule has 0 aromatic carbocycles. The average molecular weight is 308 g/mol. The lowest BCUT2D eigenvalue weighted by Crippen LogP contribution is -2.39. The van der Waals surface area contributed by atoms with Gasteiger partial charge in [-0.05, 0) is 5.92 Å². The van der Waals surface area contributed by atoms with Crippen molar-refractivity contribution in [1.29, 1.82) is 0 Å². The Morgan fingerprint density at radius 2 is 2.00 bits per heavy atom. The van der Waals surface area contributed by atoms with Crippen molar-refractivity contribution >= 4 is 22.6 Å². The van der Waals surface area contributed by atoms with Crippen molar-refractivity contribution in [2.45, 2.75) is 24.3 Å². The molecule has 0 amide bonds. The van der Waals surface area contributed by atoms with Crippen molar-refractivity contribution in [3.8, 4) is 0 Å². The summed E-state index contributed by atoms with van der Waals surface area (Å²) in [6.07, 6.45) is 1.65. The zero-order valence-electron chi connectivity index (χ0n) is 8.45. The zero-order chi connectivity index (χ0) is 10.9. The molecule has 0 radical (unpaired) electrons. The van der Waals surface area contributed by atoms with Gasteiger partial charge in [0, 0.05) is 18.8 Å². The van der Waals surface area contributed by atoms with Crippen molar-refractivity contribution in [2.75, 3.05) is 0 Å². The Hall–Kier alpha value is -0.590. The highest BCUT2D eigenvalue weighted by molar-refractivity contribution is 14.1. The lowest BCUT2D eigenvalue weighted by molar-refractivity contribution is 0.653. The molecule has 0 spiro atoms. The topological polar surface area (TPSA) is 44.0 Å². The summed E-state index contributed by atoms with van der Waals surface area (Å²) in [5.74, 6) is 0.142. The second kappa shape index (κ2) is 4.29. The predicted octanol–water partition coefficient (Wildman–Crippen LogP) is 1.06. The van der Waals surface area contributed by atoms with E-state index in [1.807, 2.05) is 13.8 Å². The first-order valence-corrected chi connectivity index (χ1v) is 5.88. The third-order valence-corrected chi connectivity index (χ3v) is 2.86. The Kier molecular flexibility index (Phi) is 3.52. The van der Waals surface area contributed by atoms with E-state index in [1.165, 1.54) is 11.6 Å². The highest BCUT2D eigenvalue weighted by Gasteiger charge is 2.10. The van der Waals surface area contributed by atoms with Crippen LogP contribution in [-0.4, -0.2) is 9.13 Å². The van der Waals surface area contributed by atoms with E-state index in [4.69, 9.17) is 0 Å². The molecule has 0 bridgehead atoms. The van der Waals surface area contributed by atoms with Crippen LogP contribution in [0.25, 0.3) is 0 Å². The highest BCUT2D eigenvalue weighted by Crippen LogP contribution is 2.07. The molecule has 0 atom stereocenters. The van der Waals surface area contributed by atoms with Crippen LogP contribution in [0, 0.1) is 0 Å². The Morgan fingerprint density at radius 1 is 1.43 bits per heavy atom. The fourth-order valence-corrected chi connectivity index (χ4v) is 1.72. The fraction of sp³-hybridized carbons (Fsp3) is 0.556. The molecule has 14 heavy (non-hydrogen) atoms. The minimum atomic E-state index is -0.256. The summed E-state index contributed by atoms with van der Waals surface area (Å²) >= 11 is 2.09. The van der Waals surface area contributed by atoms with E-state index >= 15 is 0 Å². The van der Waals surface area contributed by atoms with Crippen molar-refractivity contribution in [1.82, 2.24) is 9.13 Å². The molecule has 0 unspecified atom stereocenters. The van der Waals surface area contributed by atoms with Crippen molar-refractivity contribution in [2.24, 2.45) is 7.05 Å². The molecule has 4 nitrogen and oxygen atoms in total. The van der Waals surface area contributed by atoms with Gasteiger partial charge in [0.25, 0.3) is 5.56 Å². The van der Waals surface area contributed by atoms with Crippen LogP contribution in [-0.2, 0) is 11.6 Å². The van der Waals surface area contributed by atoms with Crippen LogP contribution in [0.5, 0.6) is 0 Å². The smallest absolute Gasteiger partial charge is 0.290 e. The molecule has 5 heteroatoms. The van der Waals surface area contributed by atoms with E-state index in [1.54, 1.807) is 6.20 Å². The Morgan fingerprint density at radius 3 is 2.43 bits per heavy atom. The molecule has 0 aliphatic carbocycles. The Bertz CT molecular complexity index is 445. The van der Waals surface area contributed by atoms with Crippen molar-refractivity contribution in [3.63, 3.8) is 0 Å². The first-order valence-electron chi connectivity index (χ1n) is 4.35. The van der Waals surface area contributed by atoms with E-state index in [2.05, 4.69) is 22.6 Å². The molecule has 0 aliphatic heterocycles. The van der Waals surface area contributed by atoms with Crippen LogP contribution >= 0.6 is 22.6 Å². The highest BCUT2D eigenvalue weighted by atomic mass is 127. The SMILES string of the molecule is CC(C)c1cn(CI)c(=O)n(C)c1=O. The minimum Gasteiger partial charge on any atom is -0.290 e. The monoisotopic (exact) mass is 308 g/mol. The lowest BCUT2D eigenvalue weighted by atomic mass is 10.1. The van der Waals surface area contributed by atoms with E-state index in [0.29, 0.717) is 10.1 Å². The number of hydrogen-bond acceptors (Lipinski definition) is 2. The zero-order valence-corrected chi connectivity index (χ0v) is 10.6. The number of nitrogens with zero attached hydrogens (tertiary/aromatic N) is 2. The molecule has 0 fully saturated rings. The van der Waals surface area contributed by atoms with Gasteiger partial charge in [0.15, 0.2) is 0 Å². The van der Waals surface area contributed by atoms with Gasteiger partial charge in [-0.15, -0.1) is 0 Å². The summed E-state index contributed by atoms with van der Waals surface area (Å²) in [5.41, 5.74) is 0.240. The second-order valence-corrected chi connectivity index (χ2v) is 4.16. The van der Waals surface area contributed by atoms with Crippen LogP contribution in [0.4, 0.5) is 0 Å². The number of rotatable bonds is 2. The van der Waals surface area contributed by atoms with Crippen LogP contribution < -0.4 is 11.2 Å². The third-order valence-electron chi connectivity index (χ3n) is 2.13. The summed E-state index contributed by atoms with van der Waals surface area (Å²) < 4.78 is 3.26. The van der Waals surface area contributed by atoms with Gasteiger partial charge in [-0.2, -0.15) is 0 Å². The number of halogens is 1. The first kappa shape index (κ1) is 11.5. The molecule has 0 saturated carbocycles. The summed E-state index contributed by atoms with van der Waals surface area (Å²) in [6, 6.07) is 0.